The number of ketones is 1. The summed E-state index contributed by atoms with van der Waals surface area (Å²) < 4.78 is 6.00. The number of carbonyl (C=O) groups excluding carboxylic acids is 2. The Labute approximate surface area is 214 Å². The van der Waals surface area contributed by atoms with Crippen LogP contribution in [0.4, 0.5) is 0 Å². The molecule has 36 heavy (non-hydrogen) atoms. The van der Waals surface area contributed by atoms with Crippen LogP contribution in [0, 0.1) is 35.0 Å². The maximum Gasteiger partial charge on any atom is 0.311 e. The van der Waals surface area contributed by atoms with Gasteiger partial charge in [-0.3, -0.25) is 9.59 Å². The number of aliphatic hydroxyl groups excluding tert-OH is 5. The van der Waals surface area contributed by atoms with Gasteiger partial charge < -0.3 is 30.3 Å². The third-order valence-corrected chi connectivity index (χ3v) is 8.20. The van der Waals surface area contributed by atoms with Gasteiger partial charge in [0.25, 0.3) is 0 Å². The lowest BCUT2D eigenvalue weighted by molar-refractivity contribution is -0.176. The van der Waals surface area contributed by atoms with E-state index in [4.69, 9.17) is 4.74 Å². The zero-order valence-corrected chi connectivity index (χ0v) is 22.2. The Balaban J connectivity index is 2.25. The lowest BCUT2D eigenvalue weighted by Crippen LogP contribution is -2.57. The molecule has 0 radical (unpaired) electrons. The van der Waals surface area contributed by atoms with Crippen LogP contribution in [0.3, 0.4) is 0 Å². The van der Waals surface area contributed by atoms with Gasteiger partial charge in [-0.05, 0) is 56.9 Å². The van der Waals surface area contributed by atoms with E-state index in [9.17, 15) is 35.1 Å². The van der Waals surface area contributed by atoms with E-state index < -0.39 is 60.2 Å². The maximum absolute atomic E-state index is 13.3. The van der Waals surface area contributed by atoms with Gasteiger partial charge in [0.05, 0.1) is 30.8 Å². The van der Waals surface area contributed by atoms with Crippen molar-refractivity contribution < 1.29 is 39.9 Å². The molecule has 0 saturated heterocycles. The maximum atomic E-state index is 13.3. The molecular formula is C28H44O8. The highest BCUT2D eigenvalue weighted by Crippen LogP contribution is 2.53. The largest absolute Gasteiger partial charge is 0.462 e. The van der Waals surface area contributed by atoms with E-state index >= 15 is 0 Å². The molecule has 0 aromatic heterocycles. The van der Waals surface area contributed by atoms with Crippen molar-refractivity contribution in [3.63, 3.8) is 0 Å². The first kappa shape index (κ1) is 30.4. The van der Waals surface area contributed by atoms with Gasteiger partial charge in [-0.25, -0.2) is 0 Å². The second-order valence-electron chi connectivity index (χ2n) is 11.0. The molecule has 2 aliphatic carbocycles. The van der Waals surface area contributed by atoms with Crippen molar-refractivity contribution >= 4 is 11.8 Å². The molecule has 1 unspecified atom stereocenters. The van der Waals surface area contributed by atoms with Crippen LogP contribution < -0.4 is 0 Å². The summed E-state index contributed by atoms with van der Waals surface area (Å²) in [6, 6.07) is 0. The number of aliphatic hydroxyl groups is 5. The van der Waals surface area contributed by atoms with E-state index in [2.05, 4.69) is 13.0 Å². The fourth-order valence-corrected chi connectivity index (χ4v) is 5.68. The molecular weight excluding hydrogens is 464 g/mol. The minimum absolute atomic E-state index is 0.0186. The molecule has 0 bridgehead atoms. The number of hydrogen-bond acceptors (Lipinski definition) is 8. The van der Waals surface area contributed by atoms with Crippen LogP contribution >= 0.6 is 0 Å². The number of allylic oxidation sites excluding steroid dienone is 4. The van der Waals surface area contributed by atoms with Crippen molar-refractivity contribution in [1.29, 1.82) is 0 Å². The molecule has 0 aromatic rings. The Morgan fingerprint density at radius 1 is 1.11 bits per heavy atom. The van der Waals surface area contributed by atoms with Gasteiger partial charge in [-0.1, -0.05) is 51.2 Å². The van der Waals surface area contributed by atoms with Crippen molar-refractivity contribution in [1.82, 2.24) is 0 Å². The molecule has 1 fully saturated rings. The fourth-order valence-electron chi connectivity index (χ4n) is 5.68. The molecule has 5 N–H and O–H groups in total. The van der Waals surface area contributed by atoms with E-state index in [0.717, 1.165) is 6.42 Å². The standard InChI is InChI=1S/C28H44O8/c1-15-12-20-11-10-17(3)28(6,26(34)22(32)14-29)24(20)23(13-15)36-27(35)18(4)25(33)16(2)8-7-9-21(31)19(5)30/h7-11,15,17-25,29-33H,12-14H2,1-6H3/b9-7+,16-8+/t15-,17+,18+,19-,20+,21+,22?,23+,24-,25+,28+/m1/s1. The van der Waals surface area contributed by atoms with Crippen LogP contribution in [0.2, 0.25) is 0 Å². The lowest BCUT2D eigenvalue weighted by atomic mass is 9.52. The number of fused-ring (bicyclic) bond motifs is 1. The summed E-state index contributed by atoms with van der Waals surface area (Å²) in [5.41, 5.74) is -0.538. The minimum Gasteiger partial charge on any atom is -0.462 e. The van der Waals surface area contributed by atoms with Crippen molar-refractivity contribution in [2.45, 2.75) is 84.9 Å². The molecule has 11 atom stereocenters. The highest BCUT2D eigenvalue weighted by atomic mass is 16.5. The quantitative estimate of drug-likeness (QED) is 0.171. The van der Waals surface area contributed by atoms with E-state index in [1.54, 1.807) is 26.8 Å². The summed E-state index contributed by atoms with van der Waals surface area (Å²) in [5, 5.41) is 49.4. The first-order valence-electron chi connectivity index (χ1n) is 12.9. The van der Waals surface area contributed by atoms with Crippen LogP contribution in [-0.2, 0) is 14.3 Å². The predicted octanol–water partition coefficient (Wildman–Crippen LogP) is 1.94. The van der Waals surface area contributed by atoms with E-state index in [1.807, 2.05) is 13.0 Å². The Morgan fingerprint density at radius 3 is 2.33 bits per heavy atom. The van der Waals surface area contributed by atoms with Gasteiger partial charge in [0.1, 0.15) is 12.2 Å². The molecule has 8 heteroatoms. The van der Waals surface area contributed by atoms with Gasteiger partial charge in [0.15, 0.2) is 5.78 Å². The second-order valence-corrected chi connectivity index (χ2v) is 11.0. The molecule has 0 heterocycles. The van der Waals surface area contributed by atoms with Crippen molar-refractivity contribution in [3.8, 4) is 0 Å². The summed E-state index contributed by atoms with van der Waals surface area (Å²) >= 11 is 0. The third kappa shape index (κ3) is 6.53. The van der Waals surface area contributed by atoms with E-state index in [-0.39, 0.29) is 23.7 Å². The summed E-state index contributed by atoms with van der Waals surface area (Å²) in [5.74, 6) is -2.28. The molecule has 0 aromatic carbocycles. The van der Waals surface area contributed by atoms with E-state index in [1.165, 1.54) is 19.1 Å². The van der Waals surface area contributed by atoms with Crippen LogP contribution in [-0.4, -0.2) is 74.4 Å². The molecule has 204 valence electrons. The van der Waals surface area contributed by atoms with Crippen molar-refractivity contribution in [3.05, 3.63) is 36.0 Å². The van der Waals surface area contributed by atoms with E-state index in [0.29, 0.717) is 12.0 Å². The minimum atomic E-state index is -1.51. The van der Waals surface area contributed by atoms with Crippen LogP contribution in [0.1, 0.15) is 54.4 Å². The van der Waals surface area contributed by atoms with Gasteiger partial charge in [-0.2, -0.15) is 0 Å². The average Bonchev–Trinajstić information content (AvgIpc) is 2.83. The number of carbonyl (C=O) groups is 2. The van der Waals surface area contributed by atoms with Crippen LogP contribution in [0.15, 0.2) is 36.0 Å². The Hall–Kier alpha value is -1.84. The highest BCUT2D eigenvalue weighted by Gasteiger charge is 2.56. The number of rotatable bonds is 10. The zero-order chi connectivity index (χ0) is 27.4. The first-order valence-corrected chi connectivity index (χ1v) is 12.9. The molecule has 0 amide bonds. The molecule has 8 nitrogen and oxygen atoms in total. The number of Topliss-reactive ketones (excluding diaryl/α,β-unsaturated/α-hetero) is 1. The Morgan fingerprint density at radius 2 is 1.75 bits per heavy atom. The Kier molecular flexibility index (Phi) is 10.6. The summed E-state index contributed by atoms with van der Waals surface area (Å²) in [4.78, 5) is 26.4. The van der Waals surface area contributed by atoms with Crippen molar-refractivity contribution in [2.75, 3.05) is 6.61 Å². The molecule has 2 rings (SSSR count). The van der Waals surface area contributed by atoms with Gasteiger partial charge in [0.2, 0.25) is 0 Å². The van der Waals surface area contributed by atoms with Gasteiger partial charge in [-0.15, -0.1) is 0 Å². The Bertz CT molecular complexity index is 862. The summed E-state index contributed by atoms with van der Waals surface area (Å²) in [6.07, 6.45) is 4.72. The first-order chi connectivity index (χ1) is 16.7. The summed E-state index contributed by atoms with van der Waals surface area (Å²) in [7, 11) is 0. The monoisotopic (exact) mass is 508 g/mol. The zero-order valence-electron chi connectivity index (χ0n) is 22.2. The number of hydrogen-bond donors (Lipinski definition) is 5. The van der Waals surface area contributed by atoms with Gasteiger partial charge in [0, 0.05) is 11.3 Å². The third-order valence-electron chi connectivity index (χ3n) is 8.20. The highest BCUT2D eigenvalue weighted by molar-refractivity contribution is 5.89. The van der Waals surface area contributed by atoms with Gasteiger partial charge >= 0.3 is 5.97 Å². The fraction of sp³-hybridized carbons (Fsp3) is 0.714. The van der Waals surface area contributed by atoms with Crippen LogP contribution in [0.5, 0.6) is 0 Å². The normalized spacial score (nSPS) is 35.0. The number of ether oxygens (including phenoxy) is 1. The SMILES string of the molecule is C/C(=C\C=C\[C@H](O)[C@@H](C)O)[C@H](O)[C@H](C)C(=O)O[C@H]1C[C@H](C)C[C@@H]2C=C[C@H](C)[C@](C)(C(=O)C(O)CO)[C@@H]12. The smallest absolute Gasteiger partial charge is 0.311 e. The molecule has 1 saturated carbocycles. The molecule has 0 spiro atoms. The van der Waals surface area contributed by atoms with Crippen molar-refractivity contribution in [2.24, 2.45) is 35.0 Å². The second kappa shape index (κ2) is 12.6. The van der Waals surface area contributed by atoms with Crippen LogP contribution in [0.25, 0.3) is 0 Å². The topological polar surface area (TPSA) is 145 Å². The molecule has 0 aliphatic heterocycles. The number of esters is 1. The predicted molar refractivity (Wildman–Crippen MR) is 136 cm³/mol. The summed E-state index contributed by atoms with van der Waals surface area (Å²) in [6.45, 7) is 9.79. The lowest BCUT2D eigenvalue weighted by Gasteiger charge is -2.52. The molecule has 2 aliphatic rings. The average molecular weight is 509 g/mol.